The number of nitrogens with one attached hydrogen (secondary N) is 1. The lowest BCUT2D eigenvalue weighted by Crippen LogP contribution is -2.46. The van der Waals surface area contributed by atoms with Crippen molar-refractivity contribution in [1.82, 2.24) is 19.5 Å². The number of aromatic nitrogens is 1. The largest absolute Gasteiger partial charge is 0.487 e. The minimum absolute atomic E-state index is 0.0341. The van der Waals surface area contributed by atoms with Crippen LogP contribution in [-0.4, -0.2) is 59.9 Å². The van der Waals surface area contributed by atoms with Crippen LogP contribution in [0.5, 0.6) is 5.75 Å². The molecule has 2 aromatic rings. The average Bonchev–Trinajstić information content (AvgIpc) is 2.99. The van der Waals surface area contributed by atoms with Crippen LogP contribution < -0.4 is 10.1 Å². The Bertz CT molecular complexity index is 1030. The maximum absolute atomic E-state index is 13.7. The van der Waals surface area contributed by atoms with E-state index in [0.717, 1.165) is 5.56 Å². The number of sulfonamides is 1. The second kappa shape index (κ2) is 8.84. The van der Waals surface area contributed by atoms with Crippen molar-refractivity contribution in [3.05, 3.63) is 54.4 Å². The number of para-hydroxylation sites is 1. The first kappa shape index (κ1) is 21.6. The van der Waals surface area contributed by atoms with E-state index in [0.29, 0.717) is 31.7 Å². The van der Waals surface area contributed by atoms with Gasteiger partial charge in [-0.25, -0.2) is 13.2 Å². The molecular weight excluding hydrogens is 416 g/mol. The van der Waals surface area contributed by atoms with E-state index in [-0.39, 0.29) is 29.6 Å². The van der Waals surface area contributed by atoms with Gasteiger partial charge in [-0.15, -0.1) is 0 Å². The Kier molecular flexibility index (Phi) is 6.15. The average molecular weight is 445 g/mol. The third-order valence-electron chi connectivity index (χ3n) is 5.65. The van der Waals surface area contributed by atoms with Gasteiger partial charge < -0.3 is 15.0 Å². The van der Waals surface area contributed by atoms with Crippen LogP contribution in [0.15, 0.2) is 53.7 Å². The fraction of sp³-hybridized carbons (Fsp3) is 0.455. The Hall–Kier alpha value is -2.65. The van der Waals surface area contributed by atoms with E-state index in [2.05, 4.69) is 10.3 Å². The number of urea groups is 1. The summed E-state index contributed by atoms with van der Waals surface area (Å²) in [6.45, 7) is 5.00. The highest BCUT2D eigenvalue weighted by Gasteiger charge is 2.43. The quantitative estimate of drug-likeness (QED) is 0.786. The molecule has 0 unspecified atom stereocenters. The molecule has 2 aliphatic heterocycles. The van der Waals surface area contributed by atoms with Crippen molar-refractivity contribution in [3.8, 4) is 5.75 Å². The van der Waals surface area contributed by atoms with E-state index in [1.807, 2.05) is 19.9 Å². The second-order valence-electron chi connectivity index (χ2n) is 8.25. The number of carbonyl (C=O) groups is 1. The van der Waals surface area contributed by atoms with Crippen LogP contribution in [0.3, 0.4) is 0 Å². The monoisotopic (exact) mass is 444 g/mol. The predicted octanol–water partition coefficient (Wildman–Crippen LogP) is 2.62. The molecule has 9 heteroatoms. The summed E-state index contributed by atoms with van der Waals surface area (Å²) in [6.07, 6.45) is 4.03. The smallest absolute Gasteiger partial charge is 0.317 e. The number of pyridine rings is 1. The van der Waals surface area contributed by atoms with Crippen LogP contribution in [0.4, 0.5) is 4.79 Å². The molecular formula is C22H28N4O4S. The highest BCUT2D eigenvalue weighted by atomic mass is 32.2. The van der Waals surface area contributed by atoms with Crippen molar-refractivity contribution in [3.63, 3.8) is 0 Å². The van der Waals surface area contributed by atoms with Crippen LogP contribution in [0.25, 0.3) is 0 Å². The number of hydrogen-bond acceptors (Lipinski definition) is 5. The molecule has 2 aliphatic rings. The van der Waals surface area contributed by atoms with Gasteiger partial charge in [-0.1, -0.05) is 18.2 Å². The van der Waals surface area contributed by atoms with Crippen LogP contribution in [0.2, 0.25) is 0 Å². The first-order chi connectivity index (χ1) is 14.9. The zero-order valence-electron chi connectivity index (χ0n) is 17.8. The van der Waals surface area contributed by atoms with Gasteiger partial charge in [0.05, 0.1) is 6.04 Å². The lowest BCUT2D eigenvalue weighted by molar-refractivity contribution is 0.110. The van der Waals surface area contributed by atoms with E-state index >= 15 is 0 Å². The van der Waals surface area contributed by atoms with E-state index < -0.39 is 16.1 Å². The highest BCUT2D eigenvalue weighted by molar-refractivity contribution is 7.89. The van der Waals surface area contributed by atoms with Gasteiger partial charge in [0.1, 0.15) is 16.7 Å². The number of nitrogens with zero attached hydrogens (tertiary/aromatic N) is 3. The Labute approximate surface area is 183 Å². The summed E-state index contributed by atoms with van der Waals surface area (Å²) in [7, 11) is -3.80. The number of benzene rings is 1. The fourth-order valence-electron chi connectivity index (χ4n) is 4.17. The Morgan fingerprint density at radius 3 is 2.71 bits per heavy atom. The van der Waals surface area contributed by atoms with Crippen LogP contribution in [-0.2, 0) is 16.6 Å². The molecule has 166 valence electrons. The van der Waals surface area contributed by atoms with E-state index in [1.165, 1.54) is 4.31 Å². The standard InChI is InChI=1S/C22H28N4O4S/c1-16(2)24-22(27)25-12-9-18-19(10-13-25)30-20-7-3-4-8-21(20)31(28,29)26(18)15-17-6-5-11-23-14-17/h3-8,11,14,16,18-19H,9-10,12-13,15H2,1-2H3,(H,24,27)/t18-,19-/m1/s1. The Balaban J connectivity index is 1.70. The minimum Gasteiger partial charge on any atom is -0.487 e. The molecule has 1 aromatic heterocycles. The van der Waals surface area contributed by atoms with Gasteiger partial charge >= 0.3 is 6.03 Å². The molecule has 3 heterocycles. The summed E-state index contributed by atoms with van der Waals surface area (Å²) in [4.78, 5) is 18.6. The maximum atomic E-state index is 13.7. The number of amides is 2. The van der Waals surface area contributed by atoms with E-state index in [1.54, 1.807) is 47.6 Å². The molecule has 4 rings (SSSR count). The molecule has 31 heavy (non-hydrogen) atoms. The highest BCUT2D eigenvalue weighted by Crippen LogP contribution is 2.37. The molecule has 1 saturated heterocycles. The molecule has 0 aliphatic carbocycles. The Morgan fingerprint density at radius 1 is 1.19 bits per heavy atom. The SMILES string of the molecule is CC(C)NC(=O)N1CC[C@@H]2[C@@H](CC1)Oc1ccccc1S(=O)(=O)N2Cc1cccnc1. The molecule has 1 fully saturated rings. The second-order valence-corrected chi connectivity index (χ2v) is 10.1. The van der Waals surface area contributed by atoms with Crippen molar-refractivity contribution in [1.29, 1.82) is 0 Å². The number of fused-ring (bicyclic) bond motifs is 2. The predicted molar refractivity (Wildman–Crippen MR) is 116 cm³/mol. The van der Waals surface area contributed by atoms with Gasteiger partial charge in [0, 0.05) is 44.5 Å². The van der Waals surface area contributed by atoms with Gasteiger partial charge in [-0.2, -0.15) is 4.31 Å². The van der Waals surface area contributed by atoms with Gasteiger partial charge in [0.2, 0.25) is 10.0 Å². The number of hydrogen-bond donors (Lipinski definition) is 1. The third-order valence-corrected chi connectivity index (χ3v) is 7.56. The molecule has 2 amide bonds. The number of ether oxygens (including phenoxy) is 1. The topological polar surface area (TPSA) is 91.8 Å². The molecule has 0 spiro atoms. The summed E-state index contributed by atoms with van der Waals surface area (Å²) in [5.41, 5.74) is 0.808. The minimum atomic E-state index is -3.80. The number of likely N-dealkylation sites (tertiary alicyclic amines) is 1. The lowest BCUT2D eigenvalue weighted by Gasteiger charge is -2.31. The summed E-state index contributed by atoms with van der Waals surface area (Å²) >= 11 is 0. The Morgan fingerprint density at radius 2 is 1.97 bits per heavy atom. The molecule has 8 nitrogen and oxygen atoms in total. The van der Waals surface area contributed by atoms with Crippen LogP contribution >= 0.6 is 0 Å². The van der Waals surface area contributed by atoms with Crippen molar-refractivity contribution in [2.75, 3.05) is 13.1 Å². The first-order valence-corrected chi connectivity index (χ1v) is 12.0. The molecule has 0 bridgehead atoms. The zero-order chi connectivity index (χ0) is 22.0. The summed E-state index contributed by atoms with van der Waals surface area (Å²) in [5, 5.41) is 2.92. The van der Waals surface area contributed by atoms with Crippen molar-refractivity contribution in [2.24, 2.45) is 0 Å². The van der Waals surface area contributed by atoms with Gasteiger partial charge in [0.25, 0.3) is 0 Å². The fourth-order valence-corrected chi connectivity index (χ4v) is 5.96. The van der Waals surface area contributed by atoms with E-state index in [4.69, 9.17) is 4.74 Å². The van der Waals surface area contributed by atoms with Crippen LogP contribution in [0.1, 0.15) is 32.3 Å². The molecule has 0 radical (unpaired) electrons. The van der Waals surface area contributed by atoms with Crippen LogP contribution in [0, 0.1) is 0 Å². The van der Waals surface area contributed by atoms with Crippen molar-refractivity contribution in [2.45, 2.75) is 56.3 Å². The zero-order valence-corrected chi connectivity index (χ0v) is 18.6. The maximum Gasteiger partial charge on any atom is 0.317 e. The normalized spacial score (nSPS) is 23.1. The number of carbonyl (C=O) groups excluding carboxylic acids is 1. The first-order valence-electron chi connectivity index (χ1n) is 10.6. The summed E-state index contributed by atoms with van der Waals surface area (Å²) in [5.74, 6) is 0.367. The number of rotatable bonds is 3. The molecule has 1 N–H and O–H groups in total. The molecule has 2 atom stereocenters. The van der Waals surface area contributed by atoms with Gasteiger partial charge in [-0.05, 0) is 44.0 Å². The third kappa shape index (κ3) is 4.52. The van der Waals surface area contributed by atoms with Gasteiger partial charge in [0.15, 0.2) is 0 Å². The van der Waals surface area contributed by atoms with E-state index in [9.17, 15) is 13.2 Å². The van der Waals surface area contributed by atoms with Crippen molar-refractivity contribution >= 4 is 16.1 Å². The molecule has 1 aromatic carbocycles. The van der Waals surface area contributed by atoms with Gasteiger partial charge in [-0.3, -0.25) is 4.98 Å². The molecule has 0 saturated carbocycles. The summed E-state index contributed by atoms with van der Waals surface area (Å²) < 4.78 is 35.2. The van der Waals surface area contributed by atoms with Crippen molar-refractivity contribution < 1.29 is 17.9 Å². The summed E-state index contributed by atoms with van der Waals surface area (Å²) in [6, 6.07) is 9.96. The lowest BCUT2D eigenvalue weighted by atomic mass is 10.1.